The molecule has 2 aromatic carbocycles. The molecule has 0 saturated carbocycles. The van der Waals surface area contributed by atoms with Gasteiger partial charge in [0.05, 0.1) is 0 Å². The molecule has 0 spiro atoms. The van der Waals surface area contributed by atoms with E-state index >= 15 is 0 Å². The lowest BCUT2D eigenvalue weighted by Gasteiger charge is -2.08. The third-order valence-electron chi connectivity index (χ3n) is 2.54. The molecule has 2 rings (SSSR count). The molecule has 0 aliphatic carbocycles. The van der Waals surface area contributed by atoms with E-state index in [4.69, 9.17) is 10.5 Å². The molecule has 0 saturated heterocycles. The van der Waals surface area contributed by atoms with Gasteiger partial charge in [-0.2, -0.15) is 0 Å². The van der Waals surface area contributed by atoms with Gasteiger partial charge in [-0.1, -0.05) is 12.1 Å². The van der Waals surface area contributed by atoms with E-state index in [-0.39, 0.29) is 6.61 Å². The molecule has 4 heteroatoms. The average molecular weight is 249 g/mol. The summed E-state index contributed by atoms with van der Waals surface area (Å²) in [6.45, 7) is 0.474. The Morgan fingerprint density at radius 1 is 1.06 bits per heavy atom. The van der Waals surface area contributed by atoms with Gasteiger partial charge in [0.1, 0.15) is 24.0 Å². The van der Waals surface area contributed by atoms with Crippen LogP contribution in [0.15, 0.2) is 42.5 Å². The molecule has 0 atom stereocenters. The van der Waals surface area contributed by atoms with E-state index in [0.29, 0.717) is 17.9 Å². The van der Waals surface area contributed by atoms with Crippen molar-refractivity contribution < 1.29 is 13.5 Å². The Kier molecular flexibility index (Phi) is 3.89. The van der Waals surface area contributed by atoms with Gasteiger partial charge >= 0.3 is 0 Å². The monoisotopic (exact) mass is 249 g/mol. The van der Waals surface area contributed by atoms with Gasteiger partial charge in [-0.15, -0.1) is 0 Å². The summed E-state index contributed by atoms with van der Waals surface area (Å²) in [5.74, 6) is -0.590. The molecule has 2 aromatic rings. The minimum Gasteiger partial charge on any atom is -0.489 e. The summed E-state index contributed by atoms with van der Waals surface area (Å²) >= 11 is 0. The molecule has 0 unspecified atom stereocenters. The lowest BCUT2D eigenvalue weighted by Crippen LogP contribution is -2.00. The van der Waals surface area contributed by atoms with Crippen molar-refractivity contribution in [2.24, 2.45) is 5.73 Å². The van der Waals surface area contributed by atoms with Crippen molar-refractivity contribution >= 4 is 0 Å². The van der Waals surface area contributed by atoms with Crippen LogP contribution in [0.1, 0.15) is 11.1 Å². The summed E-state index contributed by atoms with van der Waals surface area (Å²) in [7, 11) is 0. The summed E-state index contributed by atoms with van der Waals surface area (Å²) < 4.78 is 31.5. The van der Waals surface area contributed by atoms with Crippen molar-refractivity contribution in [2.75, 3.05) is 0 Å². The third-order valence-corrected chi connectivity index (χ3v) is 2.54. The summed E-state index contributed by atoms with van der Waals surface area (Å²) in [6.07, 6.45) is 0. The summed E-state index contributed by atoms with van der Waals surface area (Å²) in [6, 6.07) is 10.7. The number of hydrogen-bond acceptors (Lipinski definition) is 2. The number of nitrogens with two attached hydrogens (primary N) is 1. The maximum atomic E-state index is 13.4. The Morgan fingerprint density at radius 3 is 2.61 bits per heavy atom. The predicted octanol–water partition coefficient (Wildman–Crippen LogP) is 3.00. The standard InChI is InChI=1S/C14H13F2NO/c15-12-5-4-11(14(16)7-12)9-18-13-3-1-2-10(6-13)8-17/h1-7H,8-9,17H2. The molecule has 0 amide bonds. The highest BCUT2D eigenvalue weighted by molar-refractivity contribution is 5.29. The highest BCUT2D eigenvalue weighted by Crippen LogP contribution is 2.16. The zero-order valence-corrected chi connectivity index (χ0v) is 9.70. The van der Waals surface area contributed by atoms with Gasteiger partial charge in [0, 0.05) is 18.2 Å². The zero-order valence-electron chi connectivity index (χ0n) is 9.70. The Morgan fingerprint density at radius 2 is 1.89 bits per heavy atom. The molecule has 0 aliphatic heterocycles. The van der Waals surface area contributed by atoms with Crippen LogP contribution >= 0.6 is 0 Å². The molecule has 0 aliphatic rings. The van der Waals surface area contributed by atoms with Gasteiger partial charge < -0.3 is 10.5 Å². The minimum absolute atomic E-state index is 0.0557. The second-order valence-corrected chi connectivity index (χ2v) is 3.88. The van der Waals surface area contributed by atoms with Crippen molar-refractivity contribution in [3.8, 4) is 5.75 Å². The Bertz CT molecular complexity index is 543. The van der Waals surface area contributed by atoms with Crippen molar-refractivity contribution in [2.45, 2.75) is 13.2 Å². The van der Waals surface area contributed by atoms with Gasteiger partial charge in [0.25, 0.3) is 0 Å². The molecule has 18 heavy (non-hydrogen) atoms. The normalized spacial score (nSPS) is 10.4. The molecule has 0 aromatic heterocycles. The molecule has 0 fully saturated rings. The van der Waals surface area contributed by atoms with Crippen LogP contribution < -0.4 is 10.5 Å². The highest BCUT2D eigenvalue weighted by atomic mass is 19.1. The van der Waals surface area contributed by atoms with E-state index in [1.807, 2.05) is 12.1 Å². The number of benzene rings is 2. The lowest BCUT2D eigenvalue weighted by atomic mass is 10.2. The number of ether oxygens (including phenoxy) is 1. The molecule has 0 bridgehead atoms. The first-order chi connectivity index (χ1) is 8.69. The molecule has 2 nitrogen and oxygen atoms in total. The maximum Gasteiger partial charge on any atom is 0.132 e. The van der Waals surface area contributed by atoms with Crippen molar-refractivity contribution in [1.29, 1.82) is 0 Å². The quantitative estimate of drug-likeness (QED) is 0.904. The summed E-state index contributed by atoms with van der Waals surface area (Å²) in [4.78, 5) is 0. The zero-order chi connectivity index (χ0) is 13.0. The van der Waals surface area contributed by atoms with Gasteiger partial charge in [-0.25, -0.2) is 8.78 Å². The lowest BCUT2D eigenvalue weighted by molar-refractivity contribution is 0.299. The molecule has 0 radical (unpaired) electrons. The predicted molar refractivity (Wildman–Crippen MR) is 65.0 cm³/mol. The topological polar surface area (TPSA) is 35.2 Å². The summed E-state index contributed by atoms with van der Waals surface area (Å²) in [5, 5.41) is 0. The van der Waals surface area contributed by atoms with E-state index in [9.17, 15) is 8.78 Å². The average Bonchev–Trinajstić information content (AvgIpc) is 2.38. The van der Waals surface area contributed by atoms with E-state index in [2.05, 4.69) is 0 Å². The van der Waals surface area contributed by atoms with Crippen molar-refractivity contribution in [3.05, 3.63) is 65.2 Å². The van der Waals surface area contributed by atoms with Crippen LogP contribution in [0.3, 0.4) is 0 Å². The van der Waals surface area contributed by atoms with E-state index in [1.165, 1.54) is 12.1 Å². The highest BCUT2D eigenvalue weighted by Gasteiger charge is 2.04. The SMILES string of the molecule is NCc1cccc(OCc2ccc(F)cc2F)c1. The van der Waals surface area contributed by atoms with Crippen LogP contribution in [0.5, 0.6) is 5.75 Å². The molecular weight excluding hydrogens is 236 g/mol. The van der Waals surface area contributed by atoms with Crippen molar-refractivity contribution in [1.82, 2.24) is 0 Å². The largest absolute Gasteiger partial charge is 0.489 e. The first-order valence-corrected chi connectivity index (χ1v) is 5.55. The van der Waals surface area contributed by atoms with Crippen LogP contribution in [0.2, 0.25) is 0 Å². The van der Waals surface area contributed by atoms with Gasteiger partial charge in [0.15, 0.2) is 0 Å². The molecule has 0 heterocycles. The Balaban J connectivity index is 2.06. The Hall–Kier alpha value is -1.94. The summed E-state index contributed by atoms with van der Waals surface area (Å²) in [5.41, 5.74) is 6.76. The van der Waals surface area contributed by atoms with Crippen molar-refractivity contribution in [3.63, 3.8) is 0 Å². The molecular formula is C14H13F2NO. The molecule has 2 N–H and O–H groups in total. The third kappa shape index (κ3) is 3.05. The number of rotatable bonds is 4. The first-order valence-electron chi connectivity index (χ1n) is 5.55. The van der Waals surface area contributed by atoms with Gasteiger partial charge in [-0.3, -0.25) is 0 Å². The van der Waals surface area contributed by atoms with Crippen LogP contribution in [-0.4, -0.2) is 0 Å². The second kappa shape index (κ2) is 5.60. The van der Waals surface area contributed by atoms with E-state index in [1.54, 1.807) is 12.1 Å². The number of halogens is 2. The fourth-order valence-electron chi connectivity index (χ4n) is 1.56. The van der Waals surface area contributed by atoms with Crippen LogP contribution in [0, 0.1) is 11.6 Å². The minimum atomic E-state index is -0.607. The molecule has 94 valence electrons. The van der Waals surface area contributed by atoms with Crippen LogP contribution in [0.4, 0.5) is 8.78 Å². The number of hydrogen-bond donors (Lipinski definition) is 1. The second-order valence-electron chi connectivity index (χ2n) is 3.88. The van der Waals surface area contributed by atoms with Crippen LogP contribution in [-0.2, 0) is 13.2 Å². The first kappa shape index (κ1) is 12.5. The van der Waals surface area contributed by atoms with Crippen LogP contribution in [0.25, 0.3) is 0 Å². The van der Waals surface area contributed by atoms with E-state index in [0.717, 1.165) is 11.6 Å². The maximum absolute atomic E-state index is 13.4. The Labute approximate surface area is 104 Å². The van der Waals surface area contributed by atoms with Gasteiger partial charge in [0.2, 0.25) is 0 Å². The van der Waals surface area contributed by atoms with Gasteiger partial charge in [-0.05, 0) is 29.8 Å². The van der Waals surface area contributed by atoms with E-state index < -0.39 is 11.6 Å². The fraction of sp³-hybridized carbons (Fsp3) is 0.143. The smallest absolute Gasteiger partial charge is 0.132 e. The fourth-order valence-corrected chi connectivity index (χ4v) is 1.56.